The summed E-state index contributed by atoms with van der Waals surface area (Å²) < 4.78 is 0.333. The molecule has 0 rings (SSSR count). The molecule has 8 heavy (non-hydrogen) atoms. The molecule has 0 aromatic carbocycles. The molecular weight excluding hydrogens is 227 g/mol. The predicted octanol–water partition coefficient (Wildman–Crippen LogP) is -2.38. The molecule has 0 fully saturated rings. The van der Waals surface area contributed by atoms with Crippen molar-refractivity contribution in [2.75, 3.05) is 0 Å². The lowest BCUT2D eigenvalue weighted by atomic mass is 9.49. The van der Waals surface area contributed by atoms with Gasteiger partial charge in [0.25, 0.3) is 0 Å². The van der Waals surface area contributed by atoms with Crippen LogP contribution in [0.15, 0.2) is 0 Å². The van der Waals surface area contributed by atoms with E-state index in [1.165, 1.54) is 0 Å². The van der Waals surface area contributed by atoms with Crippen molar-refractivity contribution in [1.82, 2.24) is 0 Å². The maximum Gasteiger partial charge on any atom is 0.112 e. The van der Waals surface area contributed by atoms with Gasteiger partial charge in [0, 0.05) is 0 Å². The Morgan fingerprint density at radius 2 is 0.875 bits per heavy atom. The van der Waals surface area contributed by atoms with Crippen LogP contribution in [0.25, 0.3) is 0 Å². The summed E-state index contributed by atoms with van der Waals surface area (Å²) in [5, 5.41) is 0. The monoisotopic (exact) mass is 234 g/mol. The summed E-state index contributed by atoms with van der Waals surface area (Å²) >= 11 is 7.10. The highest BCUT2D eigenvalue weighted by Crippen LogP contribution is 2.26. The Morgan fingerprint density at radius 1 is 0.750 bits per heavy atom. The molecule has 0 aliphatic rings. The standard InChI is InChI=1S/C2H8B4Br2/c3-1(4,7)2(5,6)8/h3-6H2. The van der Waals surface area contributed by atoms with Gasteiger partial charge >= 0.3 is 0 Å². The van der Waals surface area contributed by atoms with E-state index in [9.17, 15) is 0 Å². The number of hydrogen-bond donors (Lipinski definition) is 0. The molecule has 0 unspecified atom stereocenters. The molecule has 0 saturated heterocycles. The molecule has 0 aromatic heterocycles. The number of halogens is 2. The van der Waals surface area contributed by atoms with Crippen LogP contribution < -0.4 is 0 Å². The molecule has 0 amide bonds. The lowest BCUT2D eigenvalue weighted by molar-refractivity contribution is 1.17. The van der Waals surface area contributed by atoms with Gasteiger partial charge in [0.15, 0.2) is 0 Å². The summed E-state index contributed by atoms with van der Waals surface area (Å²) in [5.74, 6) is 0. The van der Waals surface area contributed by atoms with E-state index in [0.29, 0.717) is 0 Å². The molecule has 0 spiro atoms. The molecular formula is C2H8B4Br2. The van der Waals surface area contributed by atoms with E-state index < -0.39 is 0 Å². The van der Waals surface area contributed by atoms with Crippen LogP contribution in [0.1, 0.15) is 0 Å². The number of hydrogen-bond acceptors (Lipinski definition) is 0. The van der Waals surface area contributed by atoms with Crippen LogP contribution in [0.5, 0.6) is 0 Å². The van der Waals surface area contributed by atoms with Crippen LogP contribution in [-0.4, -0.2) is 39.6 Å². The van der Waals surface area contributed by atoms with E-state index in [2.05, 4.69) is 63.2 Å². The summed E-state index contributed by atoms with van der Waals surface area (Å²) in [6.45, 7) is 0. The fourth-order valence-corrected chi connectivity index (χ4v) is 0. The Hall–Kier alpha value is 1.22. The summed E-state index contributed by atoms with van der Waals surface area (Å²) in [4.78, 5) is 0. The molecule has 6 heteroatoms. The van der Waals surface area contributed by atoms with Gasteiger partial charge in [-0.15, -0.1) is 31.9 Å². The fourth-order valence-electron chi connectivity index (χ4n) is 0. The van der Waals surface area contributed by atoms with Crippen LogP contribution in [-0.2, 0) is 0 Å². The van der Waals surface area contributed by atoms with Gasteiger partial charge in [-0.05, 0) is 8.25 Å². The molecule has 0 N–H and O–H groups in total. The number of alkyl halides is 2. The van der Waals surface area contributed by atoms with Crippen molar-refractivity contribution in [1.29, 1.82) is 0 Å². The first-order chi connectivity index (χ1) is 3.25. The van der Waals surface area contributed by atoms with Gasteiger partial charge in [-0.25, -0.2) is 0 Å². The van der Waals surface area contributed by atoms with E-state index in [1.807, 2.05) is 0 Å². The Morgan fingerprint density at radius 3 is 0.875 bits per heavy atom. The van der Waals surface area contributed by atoms with Crippen molar-refractivity contribution in [3.63, 3.8) is 0 Å². The second kappa shape index (κ2) is 2.45. The molecule has 0 nitrogen and oxygen atoms in total. The Labute approximate surface area is 71.4 Å². The van der Waals surface area contributed by atoms with Gasteiger partial charge in [-0.2, -0.15) is 0 Å². The molecule has 0 bridgehead atoms. The quantitative estimate of drug-likeness (QED) is 0.351. The molecule has 0 aromatic rings. The molecule has 0 saturated carbocycles. The molecule has 0 aliphatic heterocycles. The van der Waals surface area contributed by atoms with E-state index in [-0.39, 0.29) is 8.25 Å². The first-order valence-electron chi connectivity index (χ1n) is 2.63. The largest absolute Gasteiger partial charge is 0.112 e. The highest BCUT2D eigenvalue weighted by molar-refractivity contribution is 9.14. The number of rotatable bonds is 1. The van der Waals surface area contributed by atoms with Crippen LogP contribution in [0.3, 0.4) is 0 Å². The van der Waals surface area contributed by atoms with E-state index >= 15 is 0 Å². The zero-order valence-electron chi connectivity index (χ0n) is 5.76. The summed E-state index contributed by atoms with van der Waals surface area (Å²) in [6.07, 6.45) is 0. The first kappa shape index (κ1) is 9.22. The van der Waals surface area contributed by atoms with Crippen molar-refractivity contribution >= 4 is 63.2 Å². The predicted molar refractivity (Wildman–Crippen MR) is 57.5 cm³/mol. The highest BCUT2D eigenvalue weighted by Gasteiger charge is 2.30. The Kier molecular flexibility index (Phi) is 2.83. The van der Waals surface area contributed by atoms with Crippen LogP contribution in [0.4, 0.5) is 0 Å². The van der Waals surface area contributed by atoms with Gasteiger partial charge in [0.05, 0.1) is 0 Å². The molecule has 0 atom stereocenters. The second-order valence-electron chi connectivity index (χ2n) is 2.94. The minimum atomic E-state index is 0.167. The summed E-state index contributed by atoms with van der Waals surface area (Å²) in [6, 6.07) is 0. The van der Waals surface area contributed by atoms with Gasteiger partial charge in [0.2, 0.25) is 0 Å². The highest BCUT2D eigenvalue weighted by atomic mass is 79.9. The SMILES string of the molecule is BC(B)(Br)C(B)(B)Br. The van der Waals surface area contributed by atoms with Crippen LogP contribution in [0.2, 0.25) is 0 Å². The Balaban J connectivity index is 4.02. The topological polar surface area (TPSA) is 0 Å². The van der Waals surface area contributed by atoms with Crippen molar-refractivity contribution in [3.05, 3.63) is 0 Å². The van der Waals surface area contributed by atoms with Crippen molar-refractivity contribution in [3.8, 4) is 0 Å². The summed E-state index contributed by atoms with van der Waals surface area (Å²) in [5.41, 5.74) is 0. The molecule has 0 heterocycles. The van der Waals surface area contributed by atoms with E-state index in [0.717, 1.165) is 0 Å². The lowest BCUT2D eigenvalue weighted by Gasteiger charge is -2.31. The van der Waals surface area contributed by atoms with Crippen molar-refractivity contribution < 1.29 is 0 Å². The lowest BCUT2D eigenvalue weighted by Crippen LogP contribution is -2.46. The third kappa shape index (κ3) is 2.67. The van der Waals surface area contributed by atoms with Crippen molar-refractivity contribution in [2.45, 2.75) is 8.25 Å². The zero-order chi connectivity index (χ0) is 7.00. The Bertz CT molecular complexity index is 67.0. The van der Waals surface area contributed by atoms with Crippen LogP contribution in [0, 0.1) is 0 Å². The zero-order valence-corrected chi connectivity index (χ0v) is 8.93. The summed E-state index contributed by atoms with van der Waals surface area (Å²) in [7, 11) is 8.56. The molecule has 0 aliphatic carbocycles. The maximum absolute atomic E-state index is 3.55. The van der Waals surface area contributed by atoms with Gasteiger partial charge in [-0.3, -0.25) is 0 Å². The minimum Gasteiger partial charge on any atom is -0.105 e. The maximum atomic E-state index is 3.55. The third-order valence-corrected chi connectivity index (χ3v) is 3.93. The fraction of sp³-hybridized carbons (Fsp3) is 1.00. The normalized spacial score (nSPS) is 13.8. The third-order valence-electron chi connectivity index (χ3n) is 1.41. The average molecular weight is 235 g/mol. The van der Waals surface area contributed by atoms with Crippen LogP contribution >= 0.6 is 31.9 Å². The smallest absolute Gasteiger partial charge is 0.105 e. The van der Waals surface area contributed by atoms with Crippen molar-refractivity contribution in [2.24, 2.45) is 0 Å². The van der Waals surface area contributed by atoms with Gasteiger partial charge in [0.1, 0.15) is 31.4 Å². The van der Waals surface area contributed by atoms with E-state index in [4.69, 9.17) is 0 Å². The van der Waals surface area contributed by atoms with E-state index in [1.54, 1.807) is 0 Å². The second-order valence-corrected chi connectivity index (χ2v) is 6.91. The van der Waals surface area contributed by atoms with Gasteiger partial charge < -0.3 is 0 Å². The molecule has 42 valence electrons. The minimum absolute atomic E-state index is 0.167. The first-order valence-corrected chi connectivity index (χ1v) is 4.21. The van der Waals surface area contributed by atoms with Gasteiger partial charge in [-0.1, -0.05) is 0 Å². The molecule has 0 radical (unpaired) electrons. The average Bonchev–Trinajstić information content (AvgIpc) is 1.25.